The molecule has 82 valence electrons. The van der Waals surface area contributed by atoms with Crippen molar-refractivity contribution in [1.82, 2.24) is 0 Å². The van der Waals surface area contributed by atoms with Gasteiger partial charge in [-0.25, -0.2) is 4.79 Å². The van der Waals surface area contributed by atoms with Crippen molar-refractivity contribution in [3.05, 3.63) is 0 Å². The Balaban J connectivity index is 1.78. The van der Waals surface area contributed by atoms with Crippen molar-refractivity contribution < 1.29 is 28.5 Å². The van der Waals surface area contributed by atoms with Gasteiger partial charge in [-0.3, -0.25) is 4.79 Å². The lowest BCUT2D eigenvalue weighted by Crippen LogP contribution is -2.40. The molecule has 0 amide bonds. The van der Waals surface area contributed by atoms with E-state index in [1.54, 1.807) is 0 Å². The van der Waals surface area contributed by atoms with Gasteiger partial charge in [0, 0.05) is 0 Å². The van der Waals surface area contributed by atoms with Crippen LogP contribution in [0.1, 0.15) is 6.42 Å². The van der Waals surface area contributed by atoms with Crippen LogP contribution < -0.4 is 0 Å². The highest BCUT2D eigenvalue weighted by atomic mass is 16.7. The fourth-order valence-electron chi connectivity index (χ4n) is 2.54. The molecule has 6 nitrogen and oxygen atoms in total. The van der Waals surface area contributed by atoms with Crippen LogP contribution in [-0.2, 0) is 23.7 Å². The van der Waals surface area contributed by atoms with Crippen LogP contribution in [0.2, 0.25) is 0 Å². The molecule has 0 N–H and O–H groups in total. The van der Waals surface area contributed by atoms with Gasteiger partial charge in [0.25, 0.3) is 0 Å². The second kappa shape index (κ2) is 2.85. The van der Waals surface area contributed by atoms with E-state index in [1.807, 2.05) is 0 Å². The summed E-state index contributed by atoms with van der Waals surface area (Å²) in [6.07, 6.45) is -1.62. The molecule has 6 heteroatoms. The lowest BCUT2D eigenvalue weighted by atomic mass is 9.88. The van der Waals surface area contributed by atoms with E-state index in [0.29, 0.717) is 6.42 Å². The third-order valence-corrected chi connectivity index (χ3v) is 3.18. The number of carbonyl (C=O) groups excluding carboxylic acids is 2. The van der Waals surface area contributed by atoms with Crippen molar-refractivity contribution >= 4 is 12.1 Å². The summed E-state index contributed by atoms with van der Waals surface area (Å²) in [6, 6.07) is 0. The van der Waals surface area contributed by atoms with Crippen LogP contribution in [0.4, 0.5) is 4.79 Å². The zero-order valence-corrected chi connectivity index (χ0v) is 8.04. The van der Waals surface area contributed by atoms with E-state index in [4.69, 9.17) is 14.2 Å². The van der Waals surface area contributed by atoms with Gasteiger partial charge in [0.2, 0.25) is 0 Å². The van der Waals surface area contributed by atoms with Gasteiger partial charge >= 0.3 is 12.1 Å². The Morgan fingerprint density at radius 3 is 3.00 bits per heavy atom. The van der Waals surface area contributed by atoms with Gasteiger partial charge in [0.05, 0.1) is 19.1 Å². The van der Waals surface area contributed by atoms with E-state index in [-0.39, 0.29) is 24.1 Å². The summed E-state index contributed by atoms with van der Waals surface area (Å²) < 4.78 is 20.0. The van der Waals surface area contributed by atoms with E-state index in [2.05, 4.69) is 4.74 Å². The lowest BCUT2D eigenvalue weighted by Gasteiger charge is -2.21. The smallest absolute Gasteiger partial charge is 0.455 e. The zero-order valence-electron chi connectivity index (χ0n) is 8.04. The highest BCUT2D eigenvalue weighted by Gasteiger charge is 2.65. The number of methoxy groups -OCH3 is 1. The number of hydrogen-bond donors (Lipinski definition) is 0. The molecule has 0 aromatic carbocycles. The van der Waals surface area contributed by atoms with Gasteiger partial charge in [0.15, 0.2) is 12.2 Å². The molecule has 0 aromatic heterocycles. The van der Waals surface area contributed by atoms with E-state index in [1.165, 1.54) is 7.11 Å². The van der Waals surface area contributed by atoms with Crippen molar-refractivity contribution in [2.75, 3.05) is 7.11 Å². The summed E-state index contributed by atoms with van der Waals surface area (Å²) in [5.41, 5.74) is 0. The zero-order chi connectivity index (χ0) is 10.6. The first-order chi connectivity index (χ1) is 7.20. The molecule has 3 heterocycles. The molecule has 3 aliphatic rings. The highest BCUT2D eigenvalue weighted by molar-refractivity contribution is 5.77. The van der Waals surface area contributed by atoms with Gasteiger partial charge in [-0.2, -0.15) is 0 Å². The maximum Gasteiger partial charge on any atom is 0.508 e. The van der Waals surface area contributed by atoms with Crippen LogP contribution in [0, 0.1) is 5.92 Å². The fourth-order valence-corrected chi connectivity index (χ4v) is 2.54. The van der Waals surface area contributed by atoms with Gasteiger partial charge in [-0.15, -0.1) is 0 Å². The molecule has 15 heavy (non-hydrogen) atoms. The van der Waals surface area contributed by atoms with Gasteiger partial charge < -0.3 is 18.9 Å². The van der Waals surface area contributed by atoms with Crippen LogP contribution in [0.3, 0.4) is 0 Å². The molecule has 2 bridgehead atoms. The van der Waals surface area contributed by atoms with Gasteiger partial charge in [0.1, 0.15) is 6.10 Å². The molecule has 3 rings (SSSR count). The van der Waals surface area contributed by atoms with Crippen LogP contribution in [0.15, 0.2) is 0 Å². The van der Waals surface area contributed by atoms with E-state index >= 15 is 0 Å². The van der Waals surface area contributed by atoms with Crippen LogP contribution in [0.5, 0.6) is 0 Å². The average molecular weight is 214 g/mol. The number of hydrogen-bond acceptors (Lipinski definition) is 6. The standard InChI is InChI=1S/C9H10O6/c1-12-9(11)15-6-4-2-3-5(13-4)7(6)14-8(3)10/h3-7H,2H2,1H3. The summed E-state index contributed by atoms with van der Waals surface area (Å²) in [4.78, 5) is 22.3. The van der Waals surface area contributed by atoms with E-state index in [0.717, 1.165) is 0 Å². The van der Waals surface area contributed by atoms with Crippen molar-refractivity contribution in [2.45, 2.75) is 30.8 Å². The molecule has 0 saturated carbocycles. The van der Waals surface area contributed by atoms with Crippen LogP contribution in [-0.4, -0.2) is 43.7 Å². The summed E-state index contributed by atoms with van der Waals surface area (Å²) in [6.45, 7) is 0. The highest BCUT2D eigenvalue weighted by Crippen LogP contribution is 2.47. The third kappa shape index (κ3) is 1.08. The number of rotatable bonds is 1. The van der Waals surface area contributed by atoms with Crippen LogP contribution >= 0.6 is 0 Å². The van der Waals surface area contributed by atoms with Crippen LogP contribution in [0.25, 0.3) is 0 Å². The molecule has 5 atom stereocenters. The number of carbonyl (C=O) groups is 2. The Bertz CT molecular complexity index is 327. The minimum atomic E-state index is -0.768. The summed E-state index contributed by atoms with van der Waals surface area (Å²) >= 11 is 0. The topological polar surface area (TPSA) is 71.1 Å². The minimum Gasteiger partial charge on any atom is -0.455 e. The lowest BCUT2D eigenvalue weighted by molar-refractivity contribution is -0.146. The van der Waals surface area contributed by atoms with E-state index < -0.39 is 18.4 Å². The third-order valence-electron chi connectivity index (χ3n) is 3.18. The van der Waals surface area contributed by atoms with Gasteiger partial charge in [-0.05, 0) is 6.42 Å². The van der Waals surface area contributed by atoms with Crippen molar-refractivity contribution in [2.24, 2.45) is 5.92 Å². The van der Waals surface area contributed by atoms with Crippen molar-refractivity contribution in [3.63, 3.8) is 0 Å². The molecular formula is C9H10O6. The maximum absolute atomic E-state index is 11.3. The molecule has 0 radical (unpaired) electrons. The first-order valence-electron chi connectivity index (χ1n) is 4.81. The average Bonchev–Trinajstić information content (AvgIpc) is 2.81. The fraction of sp³-hybridized carbons (Fsp3) is 0.778. The molecule has 0 spiro atoms. The SMILES string of the molecule is COC(=O)OC1C2CC3C(=O)OC1C3O2. The second-order valence-electron chi connectivity index (χ2n) is 3.92. The predicted molar refractivity (Wildman–Crippen MR) is 43.9 cm³/mol. The number of fused-ring (bicyclic) bond motifs is 1. The Kier molecular flexibility index (Phi) is 1.70. The molecule has 0 aliphatic carbocycles. The summed E-state index contributed by atoms with van der Waals surface area (Å²) in [7, 11) is 1.24. The Morgan fingerprint density at radius 2 is 2.27 bits per heavy atom. The Labute approximate surface area is 85.4 Å². The molecule has 5 unspecified atom stereocenters. The summed E-state index contributed by atoms with van der Waals surface area (Å²) in [5.74, 6) is -0.416. The largest absolute Gasteiger partial charge is 0.508 e. The molecule has 3 aliphatic heterocycles. The number of ether oxygens (including phenoxy) is 4. The molecular weight excluding hydrogens is 204 g/mol. The Morgan fingerprint density at radius 1 is 1.47 bits per heavy atom. The normalized spacial score (nSPS) is 45.4. The molecule has 0 aromatic rings. The minimum absolute atomic E-state index is 0.169. The monoisotopic (exact) mass is 214 g/mol. The molecule has 3 saturated heterocycles. The first-order valence-corrected chi connectivity index (χ1v) is 4.81. The van der Waals surface area contributed by atoms with Crippen molar-refractivity contribution in [1.29, 1.82) is 0 Å². The summed E-state index contributed by atoms with van der Waals surface area (Å²) in [5, 5.41) is 0. The molecule has 3 fully saturated rings. The predicted octanol–water partition coefficient (Wildman–Crippen LogP) is -0.149. The Hall–Kier alpha value is -1.30. The first kappa shape index (κ1) is 8.96. The quantitative estimate of drug-likeness (QED) is 0.565. The van der Waals surface area contributed by atoms with E-state index in [9.17, 15) is 9.59 Å². The number of esters is 1. The second-order valence-corrected chi connectivity index (χ2v) is 3.92. The maximum atomic E-state index is 11.3. The van der Waals surface area contributed by atoms with Crippen molar-refractivity contribution in [3.8, 4) is 0 Å². The van der Waals surface area contributed by atoms with Gasteiger partial charge in [-0.1, -0.05) is 0 Å².